The molecule has 0 radical (unpaired) electrons. The molecule has 2 aromatic carbocycles. The Balaban J connectivity index is 2.21. The third kappa shape index (κ3) is 5.52. The largest absolute Gasteiger partial charge is 0.350 e. The normalized spacial score (nSPS) is 11.1. The molecule has 8 nitrogen and oxygen atoms in total. The van der Waals surface area contributed by atoms with Crippen molar-refractivity contribution in [3.05, 3.63) is 69.3 Å². The molecule has 2 aromatic rings. The van der Waals surface area contributed by atoms with Gasteiger partial charge in [-0.3, -0.25) is 19.2 Å². The Labute approximate surface area is 158 Å². The number of rotatable bonds is 7. The van der Waals surface area contributed by atoms with Crippen LogP contribution in [-0.4, -0.2) is 32.0 Å². The van der Waals surface area contributed by atoms with Crippen LogP contribution in [0.2, 0.25) is 0 Å². The number of aryl methyl sites for hydroxylation is 2. The molecule has 2 rings (SSSR count). The highest BCUT2D eigenvalue weighted by Gasteiger charge is 2.24. The van der Waals surface area contributed by atoms with E-state index in [1.807, 2.05) is 31.2 Å². The van der Waals surface area contributed by atoms with Gasteiger partial charge in [0.2, 0.25) is 15.9 Å². The van der Waals surface area contributed by atoms with E-state index in [-0.39, 0.29) is 17.9 Å². The minimum atomic E-state index is -3.82. The lowest BCUT2D eigenvalue weighted by atomic mass is 10.1. The number of nitro benzene ring substituents is 1. The highest BCUT2D eigenvalue weighted by molar-refractivity contribution is 7.92. The second-order valence-corrected chi connectivity index (χ2v) is 8.17. The van der Waals surface area contributed by atoms with Crippen molar-refractivity contribution in [1.82, 2.24) is 5.32 Å². The number of sulfonamides is 1. The molecular weight excluding hydrogens is 370 g/mol. The molecule has 0 bridgehead atoms. The highest BCUT2D eigenvalue weighted by atomic mass is 32.2. The van der Waals surface area contributed by atoms with Gasteiger partial charge in [0.15, 0.2) is 0 Å². The molecule has 0 aliphatic rings. The first-order chi connectivity index (χ1) is 12.6. The van der Waals surface area contributed by atoms with E-state index in [1.54, 1.807) is 6.92 Å². The van der Waals surface area contributed by atoms with Crippen molar-refractivity contribution in [2.75, 3.05) is 17.1 Å². The van der Waals surface area contributed by atoms with E-state index in [0.717, 1.165) is 27.8 Å². The Morgan fingerprint density at radius 3 is 2.48 bits per heavy atom. The van der Waals surface area contributed by atoms with Gasteiger partial charge in [0.1, 0.15) is 6.54 Å². The number of nitro groups is 1. The first-order valence-corrected chi connectivity index (χ1v) is 9.98. The van der Waals surface area contributed by atoms with Gasteiger partial charge in [-0.1, -0.05) is 35.9 Å². The Morgan fingerprint density at radius 2 is 1.89 bits per heavy atom. The van der Waals surface area contributed by atoms with Crippen LogP contribution in [0.5, 0.6) is 0 Å². The number of benzene rings is 2. The van der Waals surface area contributed by atoms with Crippen molar-refractivity contribution in [3.8, 4) is 0 Å². The lowest BCUT2D eigenvalue weighted by molar-refractivity contribution is -0.384. The van der Waals surface area contributed by atoms with Crippen LogP contribution in [0.1, 0.15) is 16.7 Å². The molecule has 0 heterocycles. The predicted octanol–water partition coefficient (Wildman–Crippen LogP) is 2.29. The highest BCUT2D eigenvalue weighted by Crippen LogP contribution is 2.27. The van der Waals surface area contributed by atoms with Crippen molar-refractivity contribution in [3.63, 3.8) is 0 Å². The Bertz CT molecular complexity index is 973. The van der Waals surface area contributed by atoms with E-state index >= 15 is 0 Å². The molecule has 0 aliphatic carbocycles. The molecule has 0 fully saturated rings. The van der Waals surface area contributed by atoms with Crippen LogP contribution in [-0.2, 0) is 21.4 Å². The first kappa shape index (κ1) is 20.4. The third-order valence-electron chi connectivity index (χ3n) is 3.93. The van der Waals surface area contributed by atoms with Gasteiger partial charge in [0.05, 0.1) is 16.9 Å². The number of anilines is 1. The second kappa shape index (κ2) is 8.17. The summed E-state index contributed by atoms with van der Waals surface area (Å²) in [7, 11) is -3.82. The molecule has 0 aliphatic heterocycles. The topological polar surface area (TPSA) is 110 Å². The monoisotopic (exact) mass is 391 g/mol. The van der Waals surface area contributed by atoms with E-state index in [9.17, 15) is 23.3 Å². The summed E-state index contributed by atoms with van der Waals surface area (Å²) in [4.78, 5) is 22.7. The van der Waals surface area contributed by atoms with Gasteiger partial charge in [-0.05, 0) is 25.0 Å². The standard InChI is InChI=1S/C18H21N3O5S/c1-13-5-4-6-15(9-13)11-19-18(22)12-20(27(3,25)26)17-10-16(21(23)24)8-7-14(17)2/h4-10H,11-12H2,1-3H3,(H,19,22). The van der Waals surface area contributed by atoms with E-state index in [1.165, 1.54) is 12.1 Å². The van der Waals surface area contributed by atoms with E-state index in [4.69, 9.17) is 0 Å². The summed E-state index contributed by atoms with van der Waals surface area (Å²) in [5.74, 6) is -0.507. The van der Waals surface area contributed by atoms with Crippen LogP contribution in [0, 0.1) is 24.0 Å². The summed E-state index contributed by atoms with van der Waals surface area (Å²) in [6, 6.07) is 11.5. The van der Waals surface area contributed by atoms with Crippen molar-refractivity contribution < 1.29 is 18.1 Å². The first-order valence-electron chi connectivity index (χ1n) is 8.13. The van der Waals surface area contributed by atoms with Crippen LogP contribution < -0.4 is 9.62 Å². The summed E-state index contributed by atoms with van der Waals surface area (Å²) in [5, 5.41) is 13.7. The minimum absolute atomic E-state index is 0.109. The van der Waals surface area contributed by atoms with Crippen LogP contribution in [0.3, 0.4) is 0 Å². The lowest BCUT2D eigenvalue weighted by Crippen LogP contribution is -2.40. The van der Waals surface area contributed by atoms with Crippen molar-refractivity contribution in [2.24, 2.45) is 0 Å². The fourth-order valence-electron chi connectivity index (χ4n) is 2.57. The smallest absolute Gasteiger partial charge is 0.271 e. The Hall–Kier alpha value is -2.94. The molecular formula is C18H21N3O5S. The average Bonchev–Trinajstić information content (AvgIpc) is 2.57. The Kier molecular flexibility index (Phi) is 6.17. The molecule has 0 atom stereocenters. The van der Waals surface area contributed by atoms with Crippen LogP contribution in [0.4, 0.5) is 11.4 Å². The quantitative estimate of drug-likeness (QED) is 0.575. The van der Waals surface area contributed by atoms with Gasteiger partial charge in [-0.25, -0.2) is 8.42 Å². The predicted molar refractivity (Wildman–Crippen MR) is 103 cm³/mol. The van der Waals surface area contributed by atoms with Gasteiger partial charge in [0.25, 0.3) is 5.69 Å². The number of nitrogens with one attached hydrogen (secondary N) is 1. The zero-order valence-electron chi connectivity index (χ0n) is 15.3. The lowest BCUT2D eigenvalue weighted by Gasteiger charge is -2.23. The molecule has 27 heavy (non-hydrogen) atoms. The molecule has 1 N–H and O–H groups in total. The number of nitrogens with zero attached hydrogens (tertiary/aromatic N) is 2. The fraction of sp³-hybridized carbons (Fsp3) is 0.278. The number of hydrogen-bond acceptors (Lipinski definition) is 5. The van der Waals surface area contributed by atoms with Crippen molar-refractivity contribution in [2.45, 2.75) is 20.4 Å². The number of hydrogen-bond donors (Lipinski definition) is 1. The zero-order chi connectivity index (χ0) is 20.2. The maximum Gasteiger partial charge on any atom is 0.271 e. The van der Waals surface area contributed by atoms with Crippen molar-refractivity contribution >= 4 is 27.3 Å². The van der Waals surface area contributed by atoms with E-state index < -0.39 is 27.4 Å². The van der Waals surface area contributed by atoms with Gasteiger partial charge in [-0.15, -0.1) is 0 Å². The molecule has 144 valence electrons. The van der Waals surface area contributed by atoms with E-state index in [2.05, 4.69) is 5.32 Å². The molecule has 0 saturated heterocycles. The van der Waals surface area contributed by atoms with Crippen LogP contribution >= 0.6 is 0 Å². The SMILES string of the molecule is Cc1cccc(CNC(=O)CN(c2cc([N+](=O)[O-])ccc2C)S(C)(=O)=O)c1. The van der Waals surface area contributed by atoms with Gasteiger partial charge < -0.3 is 5.32 Å². The number of non-ortho nitro benzene ring substituents is 1. The maximum atomic E-state index is 12.3. The minimum Gasteiger partial charge on any atom is -0.350 e. The molecule has 0 saturated carbocycles. The number of carbonyl (C=O) groups excluding carboxylic acids is 1. The summed E-state index contributed by atoms with van der Waals surface area (Å²) < 4.78 is 25.3. The van der Waals surface area contributed by atoms with Crippen molar-refractivity contribution in [1.29, 1.82) is 0 Å². The van der Waals surface area contributed by atoms with Gasteiger partial charge in [-0.2, -0.15) is 0 Å². The summed E-state index contributed by atoms with van der Waals surface area (Å²) in [6.07, 6.45) is 0.957. The van der Waals surface area contributed by atoms with Crippen LogP contribution in [0.15, 0.2) is 42.5 Å². The molecule has 0 aromatic heterocycles. The summed E-state index contributed by atoms with van der Waals surface area (Å²) >= 11 is 0. The number of carbonyl (C=O) groups is 1. The zero-order valence-corrected chi connectivity index (χ0v) is 16.1. The molecule has 9 heteroatoms. The molecule has 1 amide bonds. The Morgan fingerprint density at radius 1 is 1.19 bits per heavy atom. The van der Waals surface area contributed by atoms with Gasteiger partial charge in [0, 0.05) is 18.7 Å². The maximum absolute atomic E-state index is 12.3. The second-order valence-electron chi connectivity index (χ2n) is 6.26. The molecule has 0 unspecified atom stereocenters. The average molecular weight is 391 g/mol. The van der Waals surface area contributed by atoms with E-state index in [0.29, 0.717) is 5.56 Å². The third-order valence-corrected chi connectivity index (χ3v) is 5.06. The molecule has 0 spiro atoms. The van der Waals surface area contributed by atoms with Crippen LogP contribution in [0.25, 0.3) is 0 Å². The van der Waals surface area contributed by atoms with Gasteiger partial charge >= 0.3 is 0 Å². The summed E-state index contributed by atoms with van der Waals surface area (Å²) in [5.41, 5.74) is 2.31. The number of amides is 1. The summed E-state index contributed by atoms with van der Waals surface area (Å²) in [6.45, 7) is 3.35. The fourth-order valence-corrected chi connectivity index (χ4v) is 3.48.